The van der Waals surface area contributed by atoms with Crippen molar-refractivity contribution < 1.29 is 9.47 Å². The number of hydrogen-bond donors (Lipinski definition) is 2. The molecule has 0 radical (unpaired) electrons. The topological polar surface area (TPSA) is 93.8 Å². The van der Waals surface area contributed by atoms with Gasteiger partial charge in [0.25, 0.3) is 0 Å². The van der Waals surface area contributed by atoms with E-state index in [-0.39, 0.29) is 6.17 Å². The van der Waals surface area contributed by atoms with E-state index in [0.717, 1.165) is 88.3 Å². The largest absolute Gasteiger partial charge is 0.494 e. The lowest BCUT2D eigenvalue weighted by Gasteiger charge is -2.32. The molecule has 2 N–H and O–H groups in total. The van der Waals surface area contributed by atoms with Crippen LogP contribution in [0.1, 0.15) is 70.7 Å². The van der Waals surface area contributed by atoms with Crippen LogP contribution in [0.15, 0.2) is 68.6 Å². The summed E-state index contributed by atoms with van der Waals surface area (Å²) >= 11 is 7.51. The molecule has 0 spiro atoms. The van der Waals surface area contributed by atoms with E-state index >= 15 is 0 Å². The first-order valence-electron chi connectivity index (χ1n) is 18.6. The highest BCUT2D eigenvalue weighted by atomic mass is 79.9. The van der Waals surface area contributed by atoms with Crippen LogP contribution < -0.4 is 20.1 Å². The highest BCUT2D eigenvalue weighted by Crippen LogP contribution is 2.41. The monoisotopic (exact) mass is 866 g/mol. The van der Waals surface area contributed by atoms with E-state index in [4.69, 9.17) is 19.7 Å². The smallest absolute Gasteiger partial charge is 0.162 e. The van der Waals surface area contributed by atoms with Crippen LogP contribution in [-0.4, -0.2) is 57.4 Å². The lowest BCUT2D eigenvalue weighted by molar-refractivity contribution is 0.220. The number of halogens is 2. The van der Waals surface area contributed by atoms with Crippen molar-refractivity contribution in [3.63, 3.8) is 0 Å². The van der Waals surface area contributed by atoms with Crippen molar-refractivity contribution in [2.75, 3.05) is 32.6 Å². The van der Waals surface area contributed by atoms with Crippen LogP contribution in [-0.2, 0) is 6.42 Å². The molecule has 4 heterocycles. The Kier molecular flexibility index (Phi) is 10.9. The molecule has 0 saturated heterocycles. The van der Waals surface area contributed by atoms with Gasteiger partial charge in [-0.3, -0.25) is 10.3 Å². The van der Waals surface area contributed by atoms with Gasteiger partial charge in [-0.05, 0) is 154 Å². The molecule has 0 aliphatic carbocycles. The van der Waals surface area contributed by atoms with E-state index in [9.17, 15) is 0 Å². The average Bonchev–Trinajstić information content (AvgIpc) is 3.57. The van der Waals surface area contributed by atoms with Gasteiger partial charge in [0, 0.05) is 75.2 Å². The first-order chi connectivity index (χ1) is 26.4. The second-order valence-corrected chi connectivity index (χ2v) is 15.7. The number of hydrogen-bond acceptors (Lipinski definition) is 8. The molecule has 10 nitrogen and oxygen atoms in total. The van der Waals surface area contributed by atoms with Gasteiger partial charge in [-0.2, -0.15) is 10.2 Å². The van der Waals surface area contributed by atoms with Gasteiger partial charge in [0.15, 0.2) is 5.82 Å². The molecule has 0 amide bonds. The summed E-state index contributed by atoms with van der Waals surface area (Å²) in [5, 5.41) is 25.9. The Bertz CT molecular complexity index is 2440. The molecule has 1 unspecified atom stereocenters. The summed E-state index contributed by atoms with van der Waals surface area (Å²) in [6.45, 7) is 18.1. The maximum Gasteiger partial charge on any atom is 0.162 e. The quantitative estimate of drug-likeness (QED) is 0.134. The fourth-order valence-electron chi connectivity index (χ4n) is 8.23. The van der Waals surface area contributed by atoms with Crippen LogP contribution in [0.5, 0.6) is 11.5 Å². The number of aromatic nitrogens is 4. The van der Waals surface area contributed by atoms with Crippen molar-refractivity contribution in [3.05, 3.63) is 114 Å². The van der Waals surface area contributed by atoms with Crippen molar-refractivity contribution in [2.24, 2.45) is 5.10 Å². The molecule has 3 aromatic carbocycles. The Morgan fingerprint density at radius 3 is 2.05 bits per heavy atom. The summed E-state index contributed by atoms with van der Waals surface area (Å²) in [7, 11) is 4.03. The number of nitrogens with one attached hydrogen (secondary N) is 2. The number of aryl methyl sites for hydroxylation is 4. The number of benzene rings is 3. The number of ether oxygens (including phenoxy) is 2. The maximum atomic E-state index is 5.90. The predicted molar refractivity (Wildman–Crippen MR) is 230 cm³/mol. The molecule has 286 valence electrons. The zero-order chi connectivity index (χ0) is 39.3. The summed E-state index contributed by atoms with van der Waals surface area (Å²) in [5.74, 6) is 2.38. The maximum absolute atomic E-state index is 5.90. The first-order valence-corrected chi connectivity index (χ1v) is 20.2. The Morgan fingerprint density at radius 2 is 1.40 bits per heavy atom. The summed E-state index contributed by atoms with van der Waals surface area (Å²) in [6.07, 6.45) is 0.573. The molecule has 3 aromatic heterocycles. The van der Waals surface area contributed by atoms with Gasteiger partial charge in [0.1, 0.15) is 17.7 Å². The second kappa shape index (κ2) is 15.5. The van der Waals surface area contributed by atoms with Crippen molar-refractivity contribution in [3.8, 4) is 22.9 Å². The minimum atomic E-state index is -0.0773. The van der Waals surface area contributed by atoms with Crippen LogP contribution in [0.3, 0.4) is 0 Å². The first kappa shape index (κ1) is 38.6. The van der Waals surface area contributed by atoms with Gasteiger partial charge in [-0.25, -0.2) is 0 Å². The number of hydrazone groups is 1. The van der Waals surface area contributed by atoms with E-state index in [0.29, 0.717) is 19.6 Å². The molecular weight excluding hydrogens is 820 g/mol. The molecule has 1 aliphatic rings. The Hall–Kier alpha value is -4.65. The third kappa shape index (κ3) is 6.82. The minimum absolute atomic E-state index is 0.0773. The Balaban J connectivity index is 1.26. The summed E-state index contributed by atoms with van der Waals surface area (Å²) in [4.78, 5) is 0. The van der Waals surface area contributed by atoms with E-state index < -0.39 is 0 Å². The summed E-state index contributed by atoms with van der Waals surface area (Å²) in [6, 6.07) is 19.0. The number of fused-ring (bicyclic) bond motifs is 2. The zero-order valence-corrected chi connectivity index (χ0v) is 36.3. The summed E-state index contributed by atoms with van der Waals surface area (Å²) in [5.41, 5.74) is 14.2. The molecule has 55 heavy (non-hydrogen) atoms. The SMILES string of the molecule is CCOc1ccc(-n2c(C)c3c(C)nnc(Nc4ccc(C)c(CC5=NN(C)C(NC)c6c5c(C)n(-c5cc(Br)c(OCC)c(Br)c5)c6C)c4)c3c2C)cc1. The number of nitrogens with zero attached hydrogens (tertiary/aromatic N) is 6. The number of anilines is 2. The van der Waals surface area contributed by atoms with E-state index in [1.807, 2.05) is 52.0 Å². The highest BCUT2D eigenvalue weighted by Gasteiger charge is 2.33. The molecule has 1 aliphatic heterocycles. The van der Waals surface area contributed by atoms with E-state index in [1.165, 1.54) is 22.3 Å². The second-order valence-electron chi connectivity index (χ2n) is 14.0. The molecule has 12 heteroatoms. The van der Waals surface area contributed by atoms with E-state index in [2.05, 4.69) is 134 Å². The lowest BCUT2D eigenvalue weighted by Crippen LogP contribution is -2.36. The highest BCUT2D eigenvalue weighted by molar-refractivity contribution is 9.11. The molecule has 6 aromatic rings. The van der Waals surface area contributed by atoms with Crippen molar-refractivity contribution >= 4 is 59.8 Å². The van der Waals surface area contributed by atoms with Crippen LogP contribution in [0, 0.1) is 41.5 Å². The molecule has 0 fully saturated rings. The van der Waals surface area contributed by atoms with Crippen LogP contribution in [0.2, 0.25) is 0 Å². The van der Waals surface area contributed by atoms with E-state index in [1.54, 1.807) is 0 Å². The van der Waals surface area contributed by atoms with Gasteiger partial charge in [-0.15, -0.1) is 5.10 Å². The van der Waals surface area contributed by atoms with Gasteiger partial charge in [0.05, 0.1) is 33.6 Å². The van der Waals surface area contributed by atoms with Gasteiger partial charge >= 0.3 is 0 Å². The van der Waals surface area contributed by atoms with Gasteiger partial charge in [-0.1, -0.05) is 6.07 Å². The van der Waals surface area contributed by atoms with Crippen molar-refractivity contribution in [1.29, 1.82) is 0 Å². The third-order valence-corrected chi connectivity index (χ3v) is 11.8. The predicted octanol–water partition coefficient (Wildman–Crippen LogP) is 10.2. The van der Waals surface area contributed by atoms with Crippen molar-refractivity contribution in [1.82, 2.24) is 29.7 Å². The van der Waals surface area contributed by atoms with Gasteiger partial charge in [0.2, 0.25) is 0 Å². The van der Waals surface area contributed by atoms with Crippen molar-refractivity contribution in [2.45, 2.75) is 68.0 Å². The van der Waals surface area contributed by atoms with Crippen LogP contribution in [0.25, 0.3) is 22.1 Å². The van der Waals surface area contributed by atoms with Crippen LogP contribution in [0.4, 0.5) is 11.5 Å². The molecule has 0 saturated carbocycles. The molecule has 0 bridgehead atoms. The molecular formula is C43H48Br2N8O2. The normalized spacial score (nSPS) is 14.0. The average molecular weight is 869 g/mol. The zero-order valence-electron chi connectivity index (χ0n) is 33.2. The lowest BCUT2D eigenvalue weighted by atomic mass is 9.93. The third-order valence-electron chi connectivity index (χ3n) is 10.6. The fraction of sp³-hybridized carbons (Fsp3) is 0.326. The van der Waals surface area contributed by atoms with Gasteiger partial charge < -0.3 is 23.9 Å². The standard InChI is InChI=1S/C43H48Br2N8O2/c1-11-54-33-17-15-31(16-18-33)52-25(5)37-24(4)48-49-42(39(37)27(52)7)47-30-14-13-23(3)29(19-30)20-36-38-26(6)53(28(8)40(38)43(46-9)51(10)50-36)32-21-34(44)41(55-12-2)35(45)22-32/h13-19,21-22,43,46H,11-12,20H2,1-10H3,(H,47,49). The minimum Gasteiger partial charge on any atom is -0.494 e. The molecule has 1 atom stereocenters. The summed E-state index contributed by atoms with van der Waals surface area (Å²) < 4.78 is 18.0. The van der Waals surface area contributed by atoms with Crippen LogP contribution >= 0.6 is 31.9 Å². The molecule has 7 rings (SSSR count). The Labute approximate surface area is 340 Å². The Morgan fingerprint density at radius 1 is 0.745 bits per heavy atom. The fourth-order valence-corrected chi connectivity index (χ4v) is 9.62. The number of rotatable bonds is 11.